The van der Waals surface area contributed by atoms with Gasteiger partial charge in [-0.25, -0.2) is 9.59 Å². The van der Waals surface area contributed by atoms with Gasteiger partial charge in [0.1, 0.15) is 0 Å². The van der Waals surface area contributed by atoms with E-state index in [1.807, 2.05) is 0 Å². The highest BCUT2D eigenvalue weighted by atomic mass is 16.5. The molecular formula is C16H22O4. The van der Waals surface area contributed by atoms with E-state index in [-0.39, 0.29) is 16.5 Å². The summed E-state index contributed by atoms with van der Waals surface area (Å²) in [4.78, 5) is 23.2. The Bertz CT molecular complexity index is 467. The fourth-order valence-electron chi connectivity index (χ4n) is 2.20. The SMILES string of the molecule is CCC(CC)(CC)COC(=O)c1ccccc1C(=O)O. The Labute approximate surface area is 119 Å². The Morgan fingerprint density at radius 3 is 2.00 bits per heavy atom. The molecule has 0 aliphatic heterocycles. The number of carbonyl (C=O) groups excluding carboxylic acids is 1. The van der Waals surface area contributed by atoms with Crippen LogP contribution in [0.25, 0.3) is 0 Å². The van der Waals surface area contributed by atoms with Gasteiger partial charge in [0.2, 0.25) is 0 Å². The van der Waals surface area contributed by atoms with E-state index >= 15 is 0 Å². The smallest absolute Gasteiger partial charge is 0.339 e. The van der Waals surface area contributed by atoms with Crippen LogP contribution < -0.4 is 0 Å². The number of rotatable bonds is 7. The second-order valence-corrected chi connectivity index (χ2v) is 4.99. The highest BCUT2D eigenvalue weighted by Gasteiger charge is 2.27. The number of hydrogen-bond donors (Lipinski definition) is 1. The van der Waals surface area contributed by atoms with E-state index in [2.05, 4.69) is 20.8 Å². The first-order valence-electron chi connectivity index (χ1n) is 6.99. The van der Waals surface area contributed by atoms with Crippen LogP contribution in [0.4, 0.5) is 0 Å². The van der Waals surface area contributed by atoms with E-state index in [1.54, 1.807) is 12.1 Å². The second-order valence-electron chi connectivity index (χ2n) is 4.99. The van der Waals surface area contributed by atoms with Crippen LogP contribution in [0.3, 0.4) is 0 Å². The van der Waals surface area contributed by atoms with Crippen molar-refractivity contribution in [1.82, 2.24) is 0 Å². The number of carboxylic acid groups (broad SMARTS) is 1. The van der Waals surface area contributed by atoms with Crippen molar-refractivity contribution in [2.75, 3.05) is 6.61 Å². The Morgan fingerprint density at radius 1 is 1.05 bits per heavy atom. The van der Waals surface area contributed by atoms with Crippen LogP contribution in [-0.2, 0) is 4.74 Å². The van der Waals surface area contributed by atoms with Gasteiger partial charge in [-0.2, -0.15) is 0 Å². The molecule has 0 atom stereocenters. The van der Waals surface area contributed by atoms with E-state index in [1.165, 1.54) is 12.1 Å². The predicted molar refractivity (Wildman–Crippen MR) is 77.0 cm³/mol. The highest BCUT2D eigenvalue weighted by molar-refractivity contribution is 6.02. The van der Waals surface area contributed by atoms with Gasteiger partial charge >= 0.3 is 11.9 Å². The van der Waals surface area contributed by atoms with Gasteiger partial charge in [0.25, 0.3) is 0 Å². The van der Waals surface area contributed by atoms with E-state index in [4.69, 9.17) is 9.84 Å². The topological polar surface area (TPSA) is 63.6 Å². The number of aromatic carboxylic acids is 1. The lowest BCUT2D eigenvalue weighted by molar-refractivity contribution is 0.0242. The third-order valence-electron chi connectivity index (χ3n) is 4.14. The van der Waals surface area contributed by atoms with Crippen LogP contribution in [0.1, 0.15) is 60.7 Å². The minimum atomic E-state index is -1.12. The van der Waals surface area contributed by atoms with Crippen molar-refractivity contribution in [3.05, 3.63) is 35.4 Å². The Hall–Kier alpha value is -1.84. The number of benzene rings is 1. The molecule has 0 amide bonds. The van der Waals surface area contributed by atoms with Gasteiger partial charge in [-0.1, -0.05) is 32.9 Å². The summed E-state index contributed by atoms with van der Waals surface area (Å²) in [5.74, 6) is -1.69. The van der Waals surface area contributed by atoms with Gasteiger partial charge in [-0.15, -0.1) is 0 Å². The number of hydrogen-bond acceptors (Lipinski definition) is 3. The molecule has 0 unspecified atom stereocenters. The maximum atomic E-state index is 12.1. The summed E-state index contributed by atoms with van der Waals surface area (Å²) in [7, 11) is 0. The molecule has 0 spiro atoms. The lowest BCUT2D eigenvalue weighted by Gasteiger charge is -2.29. The molecule has 0 bridgehead atoms. The standard InChI is InChI=1S/C16H22O4/c1-4-16(5-2,6-3)11-20-15(19)13-10-8-7-9-12(13)14(17)18/h7-10H,4-6,11H2,1-3H3,(H,17,18). The molecular weight excluding hydrogens is 256 g/mol. The largest absolute Gasteiger partial charge is 0.478 e. The Morgan fingerprint density at radius 2 is 1.55 bits per heavy atom. The molecule has 0 fully saturated rings. The average Bonchev–Trinajstić information content (AvgIpc) is 2.49. The van der Waals surface area contributed by atoms with Crippen molar-refractivity contribution in [2.24, 2.45) is 5.41 Å². The van der Waals surface area contributed by atoms with Crippen molar-refractivity contribution < 1.29 is 19.4 Å². The third kappa shape index (κ3) is 3.59. The monoisotopic (exact) mass is 278 g/mol. The fourth-order valence-corrected chi connectivity index (χ4v) is 2.20. The summed E-state index contributed by atoms with van der Waals surface area (Å²) in [6, 6.07) is 6.12. The maximum absolute atomic E-state index is 12.1. The van der Waals surface area contributed by atoms with Crippen molar-refractivity contribution in [3.63, 3.8) is 0 Å². The molecule has 4 heteroatoms. The van der Waals surface area contributed by atoms with Crippen molar-refractivity contribution in [1.29, 1.82) is 0 Å². The van der Waals surface area contributed by atoms with Crippen LogP contribution in [0.2, 0.25) is 0 Å². The fraction of sp³-hybridized carbons (Fsp3) is 0.500. The molecule has 0 saturated carbocycles. The normalized spacial score (nSPS) is 11.2. The molecule has 0 aromatic heterocycles. The van der Waals surface area contributed by atoms with Crippen LogP contribution in [0, 0.1) is 5.41 Å². The summed E-state index contributed by atoms with van der Waals surface area (Å²) in [5, 5.41) is 9.07. The molecule has 0 aliphatic carbocycles. The van der Waals surface area contributed by atoms with Crippen LogP contribution in [-0.4, -0.2) is 23.7 Å². The van der Waals surface area contributed by atoms with Crippen molar-refractivity contribution in [2.45, 2.75) is 40.0 Å². The van der Waals surface area contributed by atoms with E-state index in [9.17, 15) is 9.59 Å². The molecule has 0 heterocycles. The summed E-state index contributed by atoms with van der Waals surface area (Å²) >= 11 is 0. The Kier molecular flexibility index (Phi) is 5.74. The third-order valence-corrected chi connectivity index (χ3v) is 4.14. The molecule has 0 saturated heterocycles. The minimum Gasteiger partial charge on any atom is -0.478 e. The molecule has 1 rings (SSSR count). The van der Waals surface area contributed by atoms with Crippen molar-refractivity contribution >= 4 is 11.9 Å². The molecule has 110 valence electrons. The van der Waals surface area contributed by atoms with E-state index in [0.717, 1.165) is 19.3 Å². The highest BCUT2D eigenvalue weighted by Crippen LogP contribution is 2.30. The summed E-state index contributed by atoms with van der Waals surface area (Å²) in [6.07, 6.45) is 2.77. The van der Waals surface area contributed by atoms with Gasteiger partial charge in [-0.05, 0) is 31.4 Å². The van der Waals surface area contributed by atoms with Crippen LogP contribution in [0.5, 0.6) is 0 Å². The summed E-state index contributed by atoms with van der Waals surface area (Å²) < 4.78 is 5.35. The second kappa shape index (κ2) is 7.08. The summed E-state index contributed by atoms with van der Waals surface area (Å²) in [5.41, 5.74) is 0.0678. The minimum absolute atomic E-state index is 0.0200. The van der Waals surface area contributed by atoms with E-state index < -0.39 is 11.9 Å². The zero-order chi connectivity index (χ0) is 15.2. The molecule has 1 N–H and O–H groups in total. The number of carboxylic acids is 1. The first-order chi connectivity index (χ1) is 9.49. The van der Waals surface area contributed by atoms with E-state index in [0.29, 0.717) is 6.61 Å². The zero-order valence-corrected chi connectivity index (χ0v) is 12.3. The molecule has 1 aromatic rings. The number of ether oxygens (including phenoxy) is 1. The molecule has 20 heavy (non-hydrogen) atoms. The Balaban J connectivity index is 2.85. The van der Waals surface area contributed by atoms with Gasteiger partial charge in [0, 0.05) is 5.41 Å². The lowest BCUT2D eigenvalue weighted by atomic mass is 9.81. The van der Waals surface area contributed by atoms with Gasteiger partial charge < -0.3 is 9.84 Å². The maximum Gasteiger partial charge on any atom is 0.339 e. The average molecular weight is 278 g/mol. The molecule has 1 aromatic carbocycles. The van der Waals surface area contributed by atoms with Gasteiger partial charge in [0.15, 0.2) is 0 Å². The van der Waals surface area contributed by atoms with Crippen molar-refractivity contribution in [3.8, 4) is 0 Å². The van der Waals surface area contributed by atoms with Gasteiger partial charge in [0.05, 0.1) is 17.7 Å². The van der Waals surface area contributed by atoms with Gasteiger partial charge in [-0.3, -0.25) is 0 Å². The summed E-state index contributed by atoms with van der Waals surface area (Å²) in [6.45, 7) is 6.55. The first kappa shape index (κ1) is 16.2. The van der Waals surface area contributed by atoms with Crippen LogP contribution >= 0.6 is 0 Å². The molecule has 0 aliphatic rings. The zero-order valence-electron chi connectivity index (χ0n) is 12.3. The number of esters is 1. The number of carbonyl (C=O) groups is 2. The molecule has 4 nitrogen and oxygen atoms in total. The quantitative estimate of drug-likeness (QED) is 0.771. The first-order valence-corrected chi connectivity index (χ1v) is 6.99. The predicted octanol–water partition coefficient (Wildman–Crippen LogP) is 3.76. The van der Waals surface area contributed by atoms with Crippen LogP contribution in [0.15, 0.2) is 24.3 Å². The molecule has 0 radical (unpaired) electrons. The lowest BCUT2D eigenvalue weighted by Crippen LogP contribution is -2.27.